The Hall–Kier alpha value is -2.02. The van der Waals surface area contributed by atoms with E-state index in [4.69, 9.17) is 11.6 Å². The topological polar surface area (TPSA) is 62.7 Å². The lowest BCUT2D eigenvalue weighted by Crippen LogP contribution is -2.19. The van der Waals surface area contributed by atoms with E-state index in [0.29, 0.717) is 5.95 Å². The largest absolute Gasteiger partial charge is 0.351 e. The van der Waals surface area contributed by atoms with E-state index >= 15 is 0 Å². The summed E-state index contributed by atoms with van der Waals surface area (Å²) >= 11 is 5.86. The monoisotopic (exact) mass is 327 g/mol. The van der Waals surface area contributed by atoms with E-state index in [1.54, 1.807) is 0 Å². The number of benzene rings is 1. The summed E-state index contributed by atoms with van der Waals surface area (Å²) in [5, 5.41) is 5.83. The minimum atomic E-state index is -0.696. The molecular weight excluding hydrogens is 312 g/mol. The zero-order valence-corrected chi connectivity index (χ0v) is 13.0. The van der Waals surface area contributed by atoms with Crippen molar-refractivity contribution < 1.29 is 8.78 Å². The predicted molar refractivity (Wildman–Crippen MR) is 82.5 cm³/mol. The van der Waals surface area contributed by atoms with Gasteiger partial charge in [-0.2, -0.15) is 15.0 Å². The van der Waals surface area contributed by atoms with E-state index in [9.17, 15) is 8.78 Å². The van der Waals surface area contributed by atoms with Crippen molar-refractivity contribution in [2.45, 2.75) is 32.7 Å². The molecule has 0 aliphatic heterocycles. The lowest BCUT2D eigenvalue weighted by molar-refractivity contribution is 0.584. The van der Waals surface area contributed by atoms with Gasteiger partial charge in [0.15, 0.2) is 0 Å². The summed E-state index contributed by atoms with van der Waals surface area (Å²) in [5.41, 5.74) is 0.188. The molecule has 0 aliphatic carbocycles. The van der Waals surface area contributed by atoms with Crippen molar-refractivity contribution in [2.75, 3.05) is 10.6 Å². The molecule has 0 saturated carbocycles. The number of halogens is 3. The van der Waals surface area contributed by atoms with Crippen LogP contribution in [0.1, 0.15) is 26.7 Å². The summed E-state index contributed by atoms with van der Waals surface area (Å²) in [7, 11) is 0. The second kappa shape index (κ2) is 7.31. The highest BCUT2D eigenvalue weighted by atomic mass is 35.5. The molecule has 1 heterocycles. The van der Waals surface area contributed by atoms with Crippen molar-refractivity contribution in [3.63, 3.8) is 0 Å². The van der Waals surface area contributed by atoms with Gasteiger partial charge in [-0.15, -0.1) is 0 Å². The summed E-state index contributed by atoms with van der Waals surface area (Å²) in [4.78, 5) is 12.0. The summed E-state index contributed by atoms with van der Waals surface area (Å²) in [6.45, 7) is 4.08. The van der Waals surface area contributed by atoms with E-state index < -0.39 is 11.6 Å². The quantitative estimate of drug-likeness (QED) is 0.834. The maximum Gasteiger partial charge on any atom is 0.233 e. The van der Waals surface area contributed by atoms with Crippen molar-refractivity contribution >= 4 is 29.2 Å². The molecule has 0 spiro atoms. The van der Waals surface area contributed by atoms with Crippen LogP contribution in [0.5, 0.6) is 0 Å². The van der Waals surface area contributed by atoms with E-state index in [1.807, 2.05) is 13.8 Å². The van der Waals surface area contributed by atoms with E-state index in [-0.39, 0.29) is 23.0 Å². The van der Waals surface area contributed by atoms with Crippen LogP contribution < -0.4 is 10.6 Å². The van der Waals surface area contributed by atoms with Crippen LogP contribution in [-0.2, 0) is 0 Å². The van der Waals surface area contributed by atoms with Crippen molar-refractivity contribution in [3.05, 3.63) is 35.1 Å². The molecule has 0 fully saturated rings. The Balaban J connectivity index is 2.22. The zero-order chi connectivity index (χ0) is 16.1. The molecule has 2 aromatic rings. The predicted octanol–water partition coefficient (Wildman–Crippen LogP) is 4.15. The second-order valence-corrected chi connectivity index (χ2v) is 5.03. The average Bonchev–Trinajstić information content (AvgIpc) is 2.43. The van der Waals surface area contributed by atoms with Crippen molar-refractivity contribution in [3.8, 4) is 0 Å². The van der Waals surface area contributed by atoms with Gasteiger partial charge in [0.2, 0.25) is 17.2 Å². The molecule has 0 aliphatic rings. The van der Waals surface area contributed by atoms with Crippen LogP contribution >= 0.6 is 11.6 Å². The van der Waals surface area contributed by atoms with Crippen molar-refractivity contribution in [1.29, 1.82) is 0 Å². The summed E-state index contributed by atoms with van der Waals surface area (Å²) in [6.07, 6.45) is 1.80. The van der Waals surface area contributed by atoms with Gasteiger partial charge < -0.3 is 10.6 Å². The van der Waals surface area contributed by atoms with Crippen LogP contribution in [0.25, 0.3) is 0 Å². The van der Waals surface area contributed by atoms with E-state index in [2.05, 4.69) is 25.6 Å². The molecule has 22 heavy (non-hydrogen) atoms. The third-order valence-corrected chi connectivity index (χ3v) is 3.21. The van der Waals surface area contributed by atoms with Crippen molar-refractivity contribution in [1.82, 2.24) is 15.0 Å². The van der Waals surface area contributed by atoms with Gasteiger partial charge in [-0.1, -0.05) is 13.8 Å². The molecule has 2 N–H and O–H groups in total. The van der Waals surface area contributed by atoms with Crippen LogP contribution in [0.2, 0.25) is 5.28 Å². The molecule has 0 atom stereocenters. The zero-order valence-electron chi connectivity index (χ0n) is 12.2. The van der Waals surface area contributed by atoms with Crippen LogP contribution in [0, 0.1) is 11.6 Å². The first kappa shape index (κ1) is 16.4. The Morgan fingerprint density at radius 3 is 2.18 bits per heavy atom. The van der Waals surface area contributed by atoms with Gasteiger partial charge in [0.25, 0.3) is 0 Å². The minimum Gasteiger partial charge on any atom is -0.351 e. The molecule has 0 unspecified atom stereocenters. The lowest BCUT2D eigenvalue weighted by Gasteiger charge is -2.15. The lowest BCUT2D eigenvalue weighted by atomic mass is 10.2. The Labute approximate surface area is 132 Å². The fraction of sp³-hybridized carbons (Fsp3) is 0.357. The molecule has 1 aromatic heterocycles. The Bertz CT molecular complexity index is 629. The average molecular weight is 328 g/mol. The van der Waals surface area contributed by atoms with Gasteiger partial charge in [-0.25, -0.2) is 8.78 Å². The number of rotatable bonds is 6. The fourth-order valence-corrected chi connectivity index (χ4v) is 2.06. The van der Waals surface area contributed by atoms with Gasteiger partial charge >= 0.3 is 0 Å². The van der Waals surface area contributed by atoms with Crippen LogP contribution in [0.15, 0.2) is 18.2 Å². The summed E-state index contributed by atoms with van der Waals surface area (Å²) < 4.78 is 26.4. The molecule has 0 bridgehead atoms. The molecule has 2 rings (SSSR count). The highest BCUT2D eigenvalue weighted by molar-refractivity contribution is 6.28. The van der Waals surface area contributed by atoms with Gasteiger partial charge in [0.05, 0.1) is 0 Å². The third-order valence-electron chi connectivity index (χ3n) is 3.05. The fourth-order valence-electron chi connectivity index (χ4n) is 1.90. The maximum atomic E-state index is 13.2. The van der Waals surface area contributed by atoms with Gasteiger partial charge in [-0.3, -0.25) is 0 Å². The Morgan fingerprint density at radius 1 is 1.00 bits per heavy atom. The number of hydrogen-bond donors (Lipinski definition) is 2. The first-order valence-corrected chi connectivity index (χ1v) is 7.29. The van der Waals surface area contributed by atoms with E-state index in [1.165, 1.54) is 0 Å². The highest BCUT2D eigenvalue weighted by Gasteiger charge is 2.10. The number of hydrogen-bond acceptors (Lipinski definition) is 5. The second-order valence-electron chi connectivity index (χ2n) is 4.69. The molecular formula is C14H16ClF2N5. The Kier molecular flexibility index (Phi) is 5.43. The van der Waals surface area contributed by atoms with Crippen LogP contribution in [-0.4, -0.2) is 21.0 Å². The molecule has 0 saturated heterocycles. The summed E-state index contributed by atoms with van der Waals surface area (Å²) in [6, 6.07) is 3.26. The molecule has 1 aromatic carbocycles. The molecule has 0 amide bonds. The third kappa shape index (κ3) is 4.49. The Morgan fingerprint density at radius 2 is 1.59 bits per heavy atom. The number of nitrogens with zero attached hydrogens (tertiary/aromatic N) is 3. The SMILES string of the molecule is CCC(CC)Nc1nc(Cl)nc(Nc2cc(F)cc(F)c2)n1. The van der Waals surface area contributed by atoms with Crippen LogP contribution in [0.4, 0.5) is 26.4 Å². The molecule has 8 heteroatoms. The first-order valence-electron chi connectivity index (χ1n) is 6.91. The van der Waals surface area contributed by atoms with Crippen molar-refractivity contribution in [2.24, 2.45) is 0 Å². The molecule has 118 valence electrons. The normalized spacial score (nSPS) is 10.8. The van der Waals surface area contributed by atoms with Gasteiger partial charge in [-0.05, 0) is 36.6 Å². The molecule has 5 nitrogen and oxygen atoms in total. The smallest absolute Gasteiger partial charge is 0.233 e. The highest BCUT2D eigenvalue weighted by Crippen LogP contribution is 2.19. The maximum absolute atomic E-state index is 13.2. The molecule has 0 radical (unpaired) electrons. The standard InChI is InChI=1S/C14H16ClF2N5/c1-3-10(4-2)18-13-20-12(15)21-14(22-13)19-11-6-8(16)5-9(17)7-11/h5-7,10H,3-4H2,1-2H3,(H2,18,19,20,21,22). The first-order chi connectivity index (χ1) is 10.5. The van der Waals surface area contributed by atoms with Gasteiger partial charge in [0.1, 0.15) is 11.6 Å². The van der Waals surface area contributed by atoms with Crippen LogP contribution in [0.3, 0.4) is 0 Å². The van der Waals surface area contributed by atoms with Gasteiger partial charge in [0, 0.05) is 17.8 Å². The number of nitrogens with one attached hydrogen (secondary N) is 2. The number of aromatic nitrogens is 3. The van der Waals surface area contributed by atoms with E-state index in [0.717, 1.165) is 31.0 Å². The summed E-state index contributed by atoms with van der Waals surface area (Å²) in [5.74, 6) is -0.970. The minimum absolute atomic E-state index is 0.0113. The number of anilines is 3.